The molecule has 0 saturated carbocycles. The fraction of sp³-hybridized carbons (Fsp3) is 0.0909. The molecule has 19 heavy (non-hydrogen) atoms. The summed E-state index contributed by atoms with van der Waals surface area (Å²) in [5.41, 5.74) is 2.79. The van der Waals surface area contributed by atoms with Crippen molar-refractivity contribution in [2.24, 2.45) is 5.84 Å². The number of rotatable bonds is 3. The Morgan fingerprint density at radius 2 is 2.11 bits per heavy atom. The van der Waals surface area contributed by atoms with Crippen molar-refractivity contribution in [3.8, 4) is 11.6 Å². The van der Waals surface area contributed by atoms with Crippen molar-refractivity contribution < 1.29 is 13.5 Å². The van der Waals surface area contributed by atoms with E-state index in [1.807, 2.05) is 0 Å². The van der Waals surface area contributed by atoms with Crippen LogP contribution in [0.2, 0.25) is 0 Å². The van der Waals surface area contributed by atoms with Crippen molar-refractivity contribution in [1.82, 2.24) is 9.97 Å². The maximum atomic E-state index is 13.6. The number of aromatic nitrogens is 2. The molecule has 8 heteroatoms. The van der Waals surface area contributed by atoms with Gasteiger partial charge in [-0.25, -0.2) is 15.2 Å². The van der Waals surface area contributed by atoms with E-state index in [-0.39, 0.29) is 17.6 Å². The molecular weight excluding hydrogens is 322 g/mol. The number of hydrogen-bond acceptors (Lipinski definition) is 5. The zero-order chi connectivity index (χ0) is 14.0. The lowest BCUT2D eigenvalue weighted by atomic mass is 10.3. The van der Waals surface area contributed by atoms with E-state index < -0.39 is 11.6 Å². The number of nitrogen functional groups attached to an aromatic ring is 1. The van der Waals surface area contributed by atoms with Crippen LogP contribution >= 0.6 is 15.9 Å². The third-order valence-electron chi connectivity index (χ3n) is 2.22. The molecule has 0 bridgehead atoms. The predicted octanol–water partition coefficient (Wildman–Crippen LogP) is 2.90. The smallest absolute Gasteiger partial charge is 0.240 e. The Kier molecular flexibility index (Phi) is 3.91. The Labute approximate surface area is 115 Å². The Morgan fingerprint density at radius 1 is 1.37 bits per heavy atom. The second kappa shape index (κ2) is 5.45. The minimum absolute atomic E-state index is 0.0827. The number of hydrogen-bond donors (Lipinski definition) is 2. The van der Waals surface area contributed by atoms with Gasteiger partial charge in [-0.05, 0) is 19.1 Å². The Bertz CT molecular complexity index is 624. The highest BCUT2D eigenvalue weighted by molar-refractivity contribution is 9.10. The monoisotopic (exact) mass is 330 g/mol. The average Bonchev–Trinajstić information content (AvgIpc) is 2.38. The van der Waals surface area contributed by atoms with Crippen molar-refractivity contribution in [3.63, 3.8) is 0 Å². The van der Waals surface area contributed by atoms with Gasteiger partial charge in [-0.1, -0.05) is 15.9 Å². The van der Waals surface area contributed by atoms with E-state index >= 15 is 0 Å². The maximum Gasteiger partial charge on any atom is 0.240 e. The topological polar surface area (TPSA) is 73.1 Å². The number of halogens is 3. The third kappa shape index (κ3) is 2.96. The summed E-state index contributed by atoms with van der Waals surface area (Å²) in [5, 5.41) is 0. The second-order valence-corrected chi connectivity index (χ2v) is 4.54. The lowest BCUT2D eigenvalue weighted by Gasteiger charge is -2.10. The molecule has 0 fully saturated rings. The van der Waals surface area contributed by atoms with E-state index in [1.165, 1.54) is 12.3 Å². The molecule has 1 heterocycles. The third-order valence-corrected chi connectivity index (χ3v) is 2.68. The minimum atomic E-state index is -1.09. The van der Waals surface area contributed by atoms with E-state index in [2.05, 4.69) is 31.3 Å². The molecule has 0 aliphatic heterocycles. The van der Waals surface area contributed by atoms with Gasteiger partial charge in [0.05, 0.1) is 0 Å². The van der Waals surface area contributed by atoms with Gasteiger partial charge in [0.15, 0.2) is 11.6 Å². The van der Waals surface area contributed by atoms with Crippen LogP contribution in [0.3, 0.4) is 0 Å². The summed E-state index contributed by atoms with van der Waals surface area (Å²) < 4.78 is 32.4. The first-order chi connectivity index (χ1) is 9.01. The standard InChI is InChI=1S/C11H9BrF2N4O/c1-5-4-16-11(18-15)17-10(5)19-8-3-6(12)2-7(13)9(8)14/h2-4H,15H2,1H3,(H,16,17,18). The quantitative estimate of drug-likeness (QED) is 0.514. The van der Waals surface area contributed by atoms with Gasteiger partial charge in [-0.2, -0.15) is 9.37 Å². The molecule has 5 nitrogen and oxygen atoms in total. The molecule has 0 atom stereocenters. The fourth-order valence-electron chi connectivity index (χ4n) is 1.31. The molecular formula is C11H9BrF2N4O. The molecule has 1 aromatic heterocycles. The number of nitrogens with two attached hydrogens (primary N) is 1. The Morgan fingerprint density at radius 3 is 2.79 bits per heavy atom. The van der Waals surface area contributed by atoms with Gasteiger partial charge in [0.25, 0.3) is 0 Å². The summed E-state index contributed by atoms with van der Waals surface area (Å²) in [6.07, 6.45) is 1.45. The summed E-state index contributed by atoms with van der Waals surface area (Å²) in [4.78, 5) is 7.76. The molecule has 0 spiro atoms. The Balaban J connectivity index is 2.41. The molecule has 0 amide bonds. The highest BCUT2D eigenvalue weighted by atomic mass is 79.9. The van der Waals surface area contributed by atoms with Crippen LogP contribution in [-0.4, -0.2) is 9.97 Å². The van der Waals surface area contributed by atoms with Gasteiger partial charge in [0.2, 0.25) is 17.6 Å². The van der Waals surface area contributed by atoms with Crippen molar-refractivity contribution in [2.45, 2.75) is 6.92 Å². The summed E-state index contributed by atoms with van der Waals surface area (Å²) >= 11 is 3.06. The number of anilines is 1. The molecule has 2 rings (SSSR count). The van der Waals surface area contributed by atoms with Crippen LogP contribution in [0.15, 0.2) is 22.8 Å². The molecule has 100 valence electrons. The van der Waals surface area contributed by atoms with Gasteiger partial charge < -0.3 is 4.74 Å². The number of nitrogens with zero attached hydrogens (tertiary/aromatic N) is 2. The van der Waals surface area contributed by atoms with E-state index in [0.717, 1.165) is 6.07 Å². The molecule has 0 unspecified atom stereocenters. The molecule has 1 aromatic carbocycles. The van der Waals surface area contributed by atoms with Crippen LogP contribution in [0, 0.1) is 18.6 Å². The first-order valence-electron chi connectivity index (χ1n) is 5.14. The van der Waals surface area contributed by atoms with Crippen LogP contribution in [0.1, 0.15) is 5.56 Å². The van der Waals surface area contributed by atoms with Crippen molar-refractivity contribution in [3.05, 3.63) is 40.0 Å². The maximum absolute atomic E-state index is 13.6. The molecule has 3 N–H and O–H groups in total. The lowest BCUT2D eigenvalue weighted by molar-refractivity contribution is 0.402. The summed E-state index contributed by atoms with van der Waals surface area (Å²) in [6, 6.07) is 2.30. The van der Waals surface area contributed by atoms with Crippen molar-refractivity contribution >= 4 is 21.9 Å². The fourth-order valence-corrected chi connectivity index (χ4v) is 1.72. The van der Waals surface area contributed by atoms with E-state index in [1.54, 1.807) is 6.92 Å². The minimum Gasteiger partial charge on any atom is -0.435 e. The lowest BCUT2D eigenvalue weighted by Crippen LogP contribution is -2.11. The molecule has 0 aliphatic carbocycles. The average molecular weight is 331 g/mol. The van der Waals surface area contributed by atoms with E-state index in [9.17, 15) is 8.78 Å². The van der Waals surface area contributed by atoms with E-state index in [0.29, 0.717) is 10.0 Å². The van der Waals surface area contributed by atoms with Gasteiger partial charge in [-0.3, -0.25) is 5.43 Å². The molecule has 2 aromatic rings. The first kappa shape index (κ1) is 13.6. The Hall–Kier alpha value is -1.80. The van der Waals surface area contributed by atoms with Gasteiger partial charge in [0.1, 0.15) is 0 Å². The van der Waals surface area contributed by atoms with Crippen LogP contribution in [0.4, 0.5) is 14.7 Å². The number of hydrazine groups is 1. The number of benzene rings is 1. The summed E-state index contributed by atoms with van der Waals surface area (Å²) in [5.74, 6) is 2.96. The number of ether oxygens (including phenoxy) is 1. The highest BCUT2D eigenvalue weighted by Crippen LogP contribution is 2.30. The SMILES string of the molecule is Cc1cnc(NN)nc1Oc1cc(Br)cc(F)c1F. The predicted molar refractivity (Wildman–Crippen MR) is 68.7 cm³/mol. The van der Waals surface area contributed by atoms with Crippen molar-refractivity contribution in [1.29, 1.82) is 0 Å². The number of aryl methyl sites for hydroxylation is 1. The highest BCUT2D eigenvalue weighted by Gasteiger charge is 2.14. The second-order valence-electron chi connectivity index (χ2n) is 3.63. The molecule has 0 radical (unpaired) electrons. The van der Waals surface area contributed by atoms with E-state index in [4.69, 9.17) is 10.6 Å². The largest absolute Gasteiger partial charge is 0.435 e. The zero-order valence-electron chi connectivity index (χ0n) is 9.75. The van der Waals surface area contributed by atoms with Crippen LogP contribution in [-0.2, 0) is 0 Å². The number of nitrogens with one attached hydrogen (secondary N) is 1. The zero-order valence-corrected chi connectivity index (χ0v) is 11.3. The van der Waals surface area contributed by atoms with Crippen LogP contribution in [0.5, 0.6) is 11.6 Å². The summed E-state index contributed by atoms with van der Waals surface area (Å²) in [7, 11) is 0. The van der Waals surface area contributed by atoms with Gasteiger partial charge in [-0.15, -0.1) is 0 Å². The van der Waals surface area contributed by atoms with Gasteiger partial charge in [0, 0.05) is 16.2 Å². The van der Waals surface area contributed by atoms with Crippen molar-refractivity contribution in [2.75, 3.05) is 5.43 Å². The summed E-state index contributed by atoms with van der Waals surface area (Å²) in [6.45, 7) is 1.67. The normalized spacial score (nSPS) is 10.4. The molecule has 0 saturated heterocycles. The van der Waals surface area contributed by atoms with Crippen LogP contribution < -0.4 is 16.0 Å². The van der Waals surface area contributed by atoms with Gasteiger partial charge >= 0.3 is 0 Å². The first-order valence-corrected chi connectivity index (χ1v) is 5.93. The van der Waals surface area contributed by atoms with Crippen LogP contribution in [0.25, 0.3) is 0 Å². The molecule has 0 aliphatic rings.